The molecule has 1 aliphatic heterocycles. The fourth-order valence-electron chi connectivity index (χ4n) is 3.81. The lowest BCUT2D eigenvalue weighted by Crippen LogP contribution is -2.48. The smallest absolute Gasteiger partial charge is 0.255 e. The molecule has 2 N–H and O–H groups in total. The van der Waals surface area contributed by atoms with Crippen molar-refractivity contribution in [1.82, 2.24) is 14.8 Å². The molecule has 1 aromatic heterocycles. The van der Waals surface area contributed by atoms with Crippen LogP contribution in [0.15, 0.2) is 54.7 Å². The largest absolute Gasteiger partial charge is 0.366 e. The first-order valence-corrected chi connectivity index (χ1v) is 9.77. The molecule has 4 rings (SSSR count). The fourth-order valence-corrected chi connectivity index (χ4v) is 3.81. The summed E-state index contributed by atoms with van der Waals surface area (Å²) in [5, 5.41) is 1.02. The first-order chi connectivity index (χ1) is 14.0. The average molecular weight is 388 g/mol. The number of para-hydroxylation sites is 1. The third-order valence-corrected chi connectivity index (χ3v) is 5.58. The predicted molar refractivity (Wildman–Crippen MR) is 113 cm³/mol. The van der Waals surface area contributed by atoms with Crippen LogP contribution in [-0.4, -0.2) is 52.8 Å². The molecule has 1 saturated heterocycles. The molecule has 0 aliphatic carbocycles. The number of aryl methyl sites for hydroxylation is 1. The monoisotopic (exact) mass is 388 g/mol. The van der Waals surface area contributed by atoms with E-state index in [1.165, 1.54) is 0 Å². The van der Waals surface area contributed by atoms with E-state index in [1.807, 2.05) is 48.2 Å². The van der Waals surface area contributed by atoms with Gasteiger partial charge >= 0.3 is 0 Å². The van der Waals surface area contributed by atoms with Crippen LogP contribution in [0.1, 0.15) is 31.8 Å². The topological polar surface area (TPSA) is 79.5 Å². The molecule has 1 fully saturated rings. The van der Waals surface area contributed by atoms with Gasteiger partial charge in [-0.2, -0.15) is 0 Å². The van der Waals surface area contributed by atoms with Crippen molar-refractivity contribution < 1.29 is 9.59 Å². The van der Waals surface area contributed by atoms with E-state index < -0.39 is 5.91 Å². The van der Waals surface area contributed by atoms with Gasteiger partial charge in [-0.25, -0.2) is 0 Å². The van der Waals surface area contributed by atoms with E-state index in [0.29, 0.717) is 24.2 Å². The molecule has 6 heteroatoms. The van der Waals surface area contributed by atoms with Crippen LogP contribution in [0.4, 0.5) is 0 Å². The van der Waals surface area contributed by atoms with Gasteiger partial charge in [-0.05, 0) is 36.2 Å². The second-order valence-electron chi connectivity index (χ2n) is 7.44. The lowest BCUT2D eigenvalue weighted by Gasteiger charge is -2.35. The first kappa shape index (κ1) is 19.1. The molecule has 0 saturated carbocycles. The maximum Gasteiger partial charge on any atom is 0.255 e. The Morgan fingerprint density at radius 2 is 1.69 bits per heavy atom. The van der Waals surface area contributed by atoms with E-state index in [1.54, 1.807) is 18.3 Å². The van der Waals surface area contributed by atoms with Crippen molar-refractivity contribution in [2.45, 2.75) is 13.5 Å². The Morgan fingerprint density at radius 3 is 2.38 bits per heavy atom. The van der Waals surface area contributed by atoms with Crippen molar-refractivity contribution in [3.05, 3.63) is 77.0 Å². The molecule has 6 nitrogen and oxygen atoms in total. The molecule has 0 atom stereocenters. The maximum absolute atomic E-state index is 13.1. The number of pyridine rings is 1. The SMILES string of the molecule is Cc1c(C(=O)N2CCN(Cc3ccc(C(N)=O)cc3)CC2)cnc2ccccc12. The number of amides is 2. The van der Waals surface area contributed by atoms with Crippen LogP contribution in [0.25, 0.3) is 10.9 Å². The summed E-state index contributed by atoms with van der Waals surface area (Å²) in [6.45, 7) is 5.77. The third kappa shape index (κ3) is 3.98. The quantitative estimate of drug-likeness (QED) is 0.745. The number of rotatable bonds is 4. The van der Waals surface area contributed by atoms with Crippen LogP contribution in [-0.2, 0) is 6.54 Å². The second-order valence-corrected chi connectivity index (χ2v) is 7.44. The summed E-state index contributed by atoms with van der Waals surface area (Å²) in [5.41, 5.74) is 9.51. The Hall–Kier alpha value is -3.25. The molecule has 0 bridgehead atoms. The number of carbonyl (C=O) groups excluding carboxylic acids is 2. The lowest BCUT2D eigenvalue weighted by atomic mass is 10.0. The highest BCUT2D eigenvalue weighted by molar-refractivity contribution is 6.00. The van der Waals surface area contributed by atoms with Gasteiger partial charge in [-0.1, -0.05) is 30.3 Å². The highest BCUT2D eigenvalue weighted by Gasteiger charge is 2.24. The van der Waals surface area contributed by atoms with Gasteiger partial charge < -0.3 is 10.6 Å². The molecular formula is C23H24N4O2. The molecule has 2 aromatic carbocycles. The number of hydrogen-bond acceptors (Lipinski definition) is 4. The molecule has 3 aromatic rings. The van der Waals surface area contributed by atoms with E-state index in [-0.39, 0.29) is 5.91 Å². The Kier molecular flexibility index (Phi) is 5.27. The zero-order valence-electron chi connectivity index (χ0n) is 16.5. The predicted octanol–water partition coefficient (Wildman–Crippen LogP) is 2.60. The van der Waals surface area contributed by atoms with Crippen molar-refractivity contribution in [1.29, 1.82) is 0 Å². The Bertz CT molecular complexity index is 1050. The van der Waals surface area contributed by atoms with E-state index >= 15 is 0 Å². The minimum atomic E-state index is -0.415. The van der Waals surface area contributed by atoms with Gasteiger partial charge in [-0.3, -0.25) is 19.5 Å². The summed E-state index contributed by atoms with van der Waals surface area (Å²) in [4.78, 5) is 32.9. The van der Waals surface area contributed by atoms with Crippen molar-refractivity contribution in [2.24, 2.45) is 5.73 Å². The van der Waals surface area contributed by atoms with Gasteiger partial charge in [0.15, 0.2) is 0 Å². The first-order valence-electron chi connectivity index (χ1n) is 9.77. The van der Waals surface area contributed by atoms with Crippen LogP contribution in [0, 0.1) is 6.92 Å². The summed E-state index contributed by atoms with van der Waals surface area (Å²) < 4.78 is 0. The Morgan fingerprint density at radius 1 is 1.00 bits per heavy atom. The van der Waals surface area contributed by atoms with Gasteiger partial charge in [0.25, 0.3) is 5.91 Å². The molecule has 0 unspecified atom stereocenters. The van der Waals surface area contributed by atoms with Crippen LogP contribution in [0.2, 0.25) is 0 Å². The minimum Gasteiger partial charge on any atom is -0.366 e. The summed E-state index contributed by atoms with van der Waals surface area (Å²) in [5.74, 6) is -0.367. The Balaban J connectivity index is 1.40. The molecule has 148 valence electrons. The van der Waals surface area contributed by atoms with Gasteiger partial charge in [-0.15, -0.1) is 0 Å². The zero-order chi connectivity index (χ0) is 20.4. The van der Waals surface area contributed by atoms with E-state index in [0.717, 1.165) is 41.7 Å². The lowest BCUT2D eigenvalue weighted by molar-refractivity contribution is 0.0627. The Labute approximate surface area is 169 Å². The molecule has 2 amide bonds. The van der Waals surface area contributed by atoms with Gasteiger partial charge in [0, 0.05) is 49.9 Å². The van der Waals surface area contributed by atoms with E-state index in [2.05, 4.69) is 9.88 Å². The maximum atomic E-state index is 13.1. The molecule has 0 spiro atoms. The standard InChI is InChI=1S/C23H24N4O2/c1-16-19-4-2-3-5-21(19)25-14-20(16)23(29)27-12-10-26(11-13-27)15-17-6-8-18(9-7-17)22(24)28/h2-9,14H,10-13,15H2,1H3,(H2,24,28). The fraction of sp³-hybridized carbons (Fsp3) is 0.261. The molecule has 2 heterocycles. The highest BCUT2D eigenvalue weighted by atomic mass is 16.2. The number of nitrogens with two attached hydrogens (primary N) is 1. The van der Waals surface area contributed by atoms with E-state index in [4.69, 9.17) is 5.73 Å². The number of fused-ring (bicyclic) bond motifs is 1. The minimum absolute atomic E-state index is 0.0474. The van der Waals surface area contributed by atoms with Crippen molar-refractivity contribution in [3.8, 4) is 0 Å². The summed E-state index contributed by atoms with van der Waals surface area (Å²) in [7, 11) is 0. The van der Waals surface area contributed by atoms with E-state index in [9.17, 15) is 9.59 Å². The second kappa shape index (κ2) is 8.01. The third-order valence-electron chi connectivity index (χ3n) is 5.58. The van der Waals surface area contributed by atoms with Crippen LogP contribution >= 0.6 is 0 Å². The van der Waals surface area contributed by atoms with Crippen molar-refractivity contribution >= 4 is 22.7 Å². The van der Waals surface area contributed by atoms with Crippen molar-refractivity contribution in [3.63, 3.8) is 0 Å². The number of nitrogens with zero attached hydrogens (tertiary/aromatic N) is 3. The van der Waals surface area contributed by atoms with Crippen LogP contribution in [0.3, 0.4) is 0 Å². The molecular weight excluding hydrogens is 364 g/mol. The summed E-state index contributed by atoms with van der Waals surface area (Å²) >= 11 is 0. The number of hydrogen-bond donors (Lipinski definition) is 1. The molecule has 29 heavy (non-hydrogen) atoms. The summed E-state index contributed by atoms with van der Waals surface area (Å²) in [6, 6.07) is 15.3. The van der Waals surface area contributed by atoms with Crippen molar-refractivity contribution in [2.75, 3.05) is 26.2 Å². The van der Waals surface area contributed by atoms with Crippen LogP contribution in [0.5, 0.6) is 0 Å². The van der Waals surface area contributed by atoms with Gasteiger partial charge in [0.1, 0.15) is 0 Å². The average Bonchev–Trinajstić information content (AvgIpc) is 2.75. The summed E-state index contributed by atoms with van der Waals surface area (Å²) in [6.07, 6.45) is 1.70. The normalized spacial score (nSPS) is 14.9. The number of primary amides is 1. The number of benzene rings is 2. The number of carbonyl (C=O) groups is 2. The van der Waals surface area contributed by atoms with Gasteiger partial charge in [0.05, 0.1) is 11.1 Å². The van der Waals surface area contributed by atoms with Crippen LogP contribution < -0.4 is 5.73 Å². The number of aromatic nitrogens is 1. The molecule has 0 radical (unpaired) electrons. The number of piperazine rings is 1. The van der Waals surface area contributed by atoms with Gasteiger partial charge in [0.2, 0.25) is 5.91 Å². The molecule has 1 aliphatic rings. The highest BCUT2D eigenvalue weighted by Crippen LogP contribution is 2.21. The zero-order valence-corrected chi connectivity index (χ0v) is 16.5.